The van der Waals surface area contributed by atoms with Crippen LogP contribution in [0.1, 0.15) is 41.1 Å². The van der Waals surface area contributed by atoms with Gasteiger partial charge >= 0.3 is 0 Å². The van der Waals surface area contributed by atoms with E-state index in [-0.39, 0.29) is 11.3 Å². The van der Waals surface area contributed by atoms with Gasteiger partial charge < -0.3 is 18.8 Å². The van der Waals surface area contributed by atoms with Crippen molar-refractivity contribution in [3.05, 3.63) is 41.6 Å². The average molecular weight is 399 g/mol. The highest BCUT2D eigenvalue weighted by Gasteiger charge is 2.43. The quantitative estimate of drug-likeness (QED) is 0.770. The summed E-state index contributed by atoms with van der Waals surface area (Å²) in [4.78, 5) is 21.4. The van der Waals surface area contributed by atoms with E-state index in [1.807, 2.05) is 17.0 Å². The Balaban J connectivity index is 1.45. The molecule has 29 heavy (non-hydrogen) atoms. The van der Waals surface area contributed by atoms with Crippen molar-refractivity contribution in [2.24, 2.45) is 5.41 Å². The zero-order valence-electron chi connectivity index (χ0n) is 17.4. The number of aromatic nitrogens is 1. The molecular weight excluding hydrogens is 370 g/mol. The summed E-state index contributed by atoms with van der Waals surface area (Å²) in [5.41, 5.74) is 1.72. The number of ether oxygens (including phenoxy) is 2. The number of carbonyl (C=O) groups is 1. The lowest BCUT2D eigenvalue weighted by atomic mass is 9.79. The first-order valence-electron chi connectivity index (χ1n) is 10.2. The second-order valence-electron chi connectivity index (χ2n) is 8.20. The summed E-state index contributed by atoms with van der Waals surface area (Å²) in [5, 5.41) is 0. The third kappa shape index (κ3) is 3.83. The highest BCUT2D eigenvalue weighted by molar-refractivity contribution is 5.93. The number of hydrogen-bond donors (Lipinski definition) is 0. The number of nitrogens with zero attached hydrogens (tertiary/aromatic N) is 3. The van der Waals surface area contributed by atoms with Crippen molar-refractivity contribution in [2.75, 3.05) is 40.4 Å². The third-order valence-electron chi connectivity index (χ3n) is 6.29. The van der Waals surface area contributed by atoms with Crippen molar-refractivity contribution in [2.45, 2.75) is 32.7 Å². The molecule has 2 fully saturated rings. The first kappa shape index (κ1) is 19.8. The van der Waals surface area contributed by atoms with Crippen molar-refractivity contribution in [1.82, 2.24) is 14.8 Å². The van der Waals surface area contributed by atoms with E-state index >= 15 is 0 Å². The van der Waals surface area contributed by atoms with Gasteiger partial charge in [0.2, 0.25) is 0 Å². The van der Waals surface area contributed by atoms with Crippen LogP contribution in [0.5, 0.6) is 11.5 Å². The molecule has 2 aliphatic heterocycles. The molecule has 0 aliphatic carbocycles. The van der Waals surface area contributed by atoms with Crippen molar-refractivity contribution < 1.29 is 18.7 Å². The van der Waals surface area contributed by atoms with Gasteiger partial charge in [0, 0.05) is 37.2 Å². The Morgan fingerprint density at radius 3 is 2.79 bits per heavy atom. The number of hydrogen-bond acceptors (Lipinski definition) is 6. The van der Waals surface area contributed by atoms with Crippen LogP contribution in [0.4, 0.5) is 0 Å². The number of oxazole rings is 1. The summed E-state index contributed by atoms with van der Waals surface area (Å²) in [6, 6.07) is 6.03. The number of carbonyl (C=O) groups excluding carboxylic acids is 1. The standard InChI is InChI=1S/C22H29N3O4/c1-16-19(23-15-29-16)21(26)25-11-9-22(14-25)8-5-10-24(13-22)12-17-6-4-7-18(27-2)20(17)28-3/h4,6-7,15H,5,8-14H2,1-3H3. The zero-order valence-corrected chi connectivity index (χ0v) is 17.4. The molecule has 1 amide bonds. The fraction of sp³-hybridized carbons (Fsp3) is 0.545. The summed E-state index contributed by atoms with van der Waals surface area (Å²) in [7, 11) is 3.35. The van der Waals surface area contributed by atoms with Crippen LogP contribution in [0.3, 0.4) is 0 Å². The number of piperidine rings is 1. The second-order valence-corrected chi connectivity index (χ2v) is 8.20. The van der Waals surface area contributed by atoms with Gasteiger partial charge in [0.15, 0.2) is 23.6 Å². The van der Waals surface area contributed by atoms with Gasteiger partial charge in [-0.3, -0.25) is 9.69 Å². The molecule has 156 valence electrons. The molecule has 0 saturated carbocycles. The fourth-order valence-corrected chi connectivity index (χ4v) is 4.87. The summed E-state index contributed by atoms with van der Waals surface area (Å²) in [6.45, 7) is 6.20. The summed E-state index contributed by atoms with van der Waals surface area (Å²) >= 11 is 0. The van der Waals surface area contributed by atoms with E-state index < -0.39 is 0 Å². The summed E-state index contributed by atoms with van der Waals surface area (Å²) in [6.07, 6.45) is 4.66. The van der Waals surface area contributed by atoms with E-state index in [0.29, 0.717) is 11.5 Å². The van der Waals surface area contributed by atoms with Crippen molar-refractivity contribution in [3.8, 4) is 11.5 Å². The van der Waals surface area contributed by atoms with Crippen LogP contribution < -0.4 is 9.47 Å². The highest BCUT2D eigenvalue weighted by Crippen LogP contribution is 2.41. The largest absolute Gasteiger partial charge is 0.493 e. The lowest BCUT2D eigenvalue weighted by molar-refractivity contribution is 0.0668. The average Bonchev–Trinajstić information content (AvgIpc) is 3.34. The van der Waals surface area contributed by atoms with Crippen LogP contribution in [0.15, 0.2) is 29.0 Å². The number of amides is 1. The minimum absolute atomic E-state index is 0.0142. The van der Waals surface area contributed by atoms with Gasteiger partial charge in [-0.1, -0.05) is 12.1 Å². The number of methoxy groups -OCH3 is 2. The van der Waals surface area contributed by atoms with Crippen LogP contribution in [0, 0.1) is 12.3 Å². The van der Waals surface area contributed by atoms with Gasteiger partial charge in [-0.25, -0.2) is 4.98 Å². The number of benzene rings is 1. The molecule has 7 nitrogen and oxygen atoms in total. The smallest absolute Gasteiger partial charge is 0.276 e. The maximum absolute atomic E-state index is 12.8. The molecule has 2 saturated heterocycles. The molecule has 1 aromatic carbocycles. The molecule has 0 bridgehead atoms. The van der Waals surface area contributed by atoms with E-state index in [1.54, 1.807) is 21.1 Å². The highest BCUT2D eigenvalue weighted by atomic mass is 16.5. The number of rotatable bonds is 5. The van der Waals surface area contributed by atoms with Crippen molar-refractivity contribution in [3.63, 3.8) is 0 Å². The zero-order chi connectivity index (χ0) is 20.4. The SMILES string of the molecule is COc1cccc(CN2CCCC3(CCN(C(=O)c4ncoc4C)C3)C2)c1OC. The Labute approximate surface area is 171 Å². The molecule has 4 rings (SSSR count). The summed E-state index contributed by atoms with van der Waals surface area (Å²) in [5.74, 6) is 2.14. The van der Waals surface area contributed by atoms with Crippen LogP contribution in [-0.2, 0) is 6.54 Å². The first-order chi connectivity index (χ1) is 14.0. The Bertz CT molecular complexity index is 881. The summed E-state index contributed by atoms with van der Waals surface area (Å²) < 4.78 is 16.3. The fourth-order valence-electron chi connectivity index (χ4n) is 4.87. The monoisotopic (exact) mass is 399 g/mol. The molecule has 2 aliphatic rings. The predicted octanol–water partition coefficient (Wildman–Crippen LogP) is 3.13. The third-order valence-corrected chi connectivity index (χ3v) is 6.29. The van der Waals surface area contributed by atoms with Gasteiger partial charge in [0.25, 0.3) is 5.91 Å². The Morgan fingerprint density at radius 2 is 2.07 bits per heavy atom. The van der Waals surface area contributed by atoms with Crippen LogP contribution >= 0.6 is 0 Å². The molecule has 1 atom stereocenters. The molecular formula is C22H29N3O4. The maximum Gasteiger partial charge on any atom is 0.276 e. The Kier molecular flexibility index (Phi) is 5.50. The van der Waals surface area contributed by atoms with Gasteiger partial charge in [0.1, 0.15) is 5.76 Å². The van der Waals surface area contributed by atoms with Crippen LogP contribution in [0.25, 0.3) is 0 Å². The molecule has 1 unspecified atom stereocenters. The minimum Gasteiger partial charge on any atom is -0.493 e. The molecule has 1 spiro atoms. The number of para-hydroxylation sites is 1. The molecule has 3 heterocycles. The van der Waals surface area contributed by atoms with E-state index in [4.69, 9.17) is 13.9 Å². The molecule has 7 heteroatoms. The number of likely N-dealkylation sites (tertiary alicyclic amines) is 2. The van der Waals surface area contributed by atoms with E-state index in [1.165, 1.54) is 6.39 Å². The van der Waals surface area contributed by atoms with Gasteiger partial charge in [-0.2, -0.15) is 0 Å². The minimum atomic E-state index is -0.0142. The normalized spacial score (nSPS) is 22.2. The predicted molar refractivity (Wildman–Crippen MR) is 108 cm³/mol. The van der Waals surface area contributed by atoms with E-state index in [0.717, 1.165) is 69.0 Å². The molecule has 1 aromatic heterocycles. The molecule has 0 N–H and O–H groups in total. The maximum atomic E-state index is 12.8. The van der Waals surface area contributed by atoms with Crippen LogP contribution in [-0.4, -0.2) is 61.1 Å². The van der Waals surface area contributed by atoms with Gasteiger partial charge in [-0.05, 0) is 38.8 Å². The Morgan fingerprint density at radius 1 is 1.21 bits per heavy atom. The topological polar surface area (TPSA) is 68.0 Å². The van der Waals surface area contributed by atoms with E-state index in [9.17, 15) is 4.79 Å². The van der Waals surface area contributed by atoms with Gasteiger partial charge in [0.05, 0.1) is 14.2 Å². The van der Waals surface area contributed by atoms with Crippen molar-refractivity contribution >= 4 is 5.91 Å². The van der Waals surface area contributed by atoms with E-state index in [2.05, 4.69) is 16.0 Å². The Hall–Kier alpha value is -2.54. The molecule has 0 radical (unpaired) electrons. The number of aryl methyl sites for hydroxylation is 1. The van der Waals surface area contributed by atoms with Gasteiger partial charge in [-0.15, -0.1) is 0 Å². The van der Waals surface area contributed by atoms with Crippen LogP contribution in [0.2, 0.25) is 0 Å². The lowest BCUT2D eigenvalue weighted by Crippen LogP contribution is -2.45. The van der Waals surface area contributed by atoms with Crippen molar-refractivity contribution in [1.29, 1.82) is 0 Å². The molecule has 2 aromatic rings. The second kappa shape index (κ2) is 8.06. The first-order valence-corrected chi connectivity index (χ1v) is 10.2. The lowest BCUT2D eigenvalue weighted by Gasteiger charge is -2.40.